The SMILES string of the molecule is CCOC(=O)CN(C)C1=CC(Cl)C(CC2C(F)C(C(C)C)C(O)C3CC32)C(Cl)C1. The van der Waals surface area contributed by atoms with Crippen molar-refractivity contribution in [1.82, 2.24) is 4.90 Å². The monoisotopic (exact) mass is 449 g/mol. The molecule has 0 bridgehead atoms. The number of halogens is 3. The van der Waals surface area contributed by atoms with E-state index >= 15 is 4.39 Å². The summed E-state index contributed by atoms with van der Waals surface area (Å²) >= 11 is 13.4. The highest BCUT2D eigenvalue weighted by atomic mass is 35.5. The van der Waals surface area contributed by atoms with Crippen molar-refractivity contribution in [1.29, 1.82) is 0 Å². The highest BCUT2D eigenvalue weighted by molar-refractivity contribution is 6.25. The molecule has 29 heavy (non-hydrogen) atoms. The van der Waals surface area contributed by atoms with Gasteiger partial charge in [0, 0.05) is 30.5 Å². The van der Waals surface area contributed by atoms with Gasteiger partial charge in [-0.15, -0.1) is 23.2 Å². The number of alkyl halides is 3. The Bertz CT molecular complexity index is 631. The van der Waals surface area contributed by atoms with Gasteiger partial charge in [-0.25, -0.2) is 4.39 Å². The van der Waals surface area contributed by atoms with Crippen molar-refractivity contribution in [2.75, 3.05) is 20.2 Å². The molecule has 7 heteroatoms. The Labute approximate surface area is 183 Å². The first kappa shape index (κ1) is 23.1. The summed E-state index contributed by atoms with van der Waals surface area (Å²) in [5.41, 5.74) is 0.925. The van der Waals surface area contributed by atoms with Crippen LogP contribution in [0.25, 0.3) is 0 Å². The Morgan fingerprint density at radius 1 is 1.34 bits per heavy atom. The van der Waals surface area contributed by atoms with Crippen LogP contribution in [0.15, 0.2) is 11.8 Å². The number of carbonyl (C=O) groups is 1. The molecular formula is C22H34Cl2FNO3. The predicted octanol–water partition coefficient (Wildman–Crippen LogP) is 4.23. The Morgan fingerprint density at radius 3 is 2.62 bits per heavy atom. The Hall–Kier alpha value is -0.520. The zero-order valence-corrected chi connectivity index (χ0v) is 19.2. The van der Waals surface area contributed by atoms with Crippen LogP contribution < -0.4 is 0 Å². The summed E-state index contributed by atoms with van der Waals surface area (Å²) in [5, 5.41) is 9.99. The number of nitrogens with zero attached hydrogens (tertiary/aromatic N) is 1. The van der Waals surface area contributed by atoms with Gasteiger partial charge in [0.1, 0.15) is 12.7 Å². The zero-order chi connectivity index (χ0) is 21.5. The molecule has 3 aliphatic rings. The lowest BCUT2D eigenvalue weighted by Crippen LogP contribution is -2.46. The standard InChI is InChI=1S/C22H34Cl2FNO3/c1-5-29-19(27)10-26(4)12-6-17(23)16(18(24)7-12)9-14-13-8-15(13)22(28)20(11(2)3)21(14)25/h6,11,13-18,20-22,28H,5,7-10H2,1-4H3. The van der Waals surface area contributed by atoms with Crippen LogP contribution in [0.1, 0.15) is 40.0 Å². The molecule has 4 nitrogen and oxygen atoms in total. The van der Waals surface area contributed by atoms with Gasteiger partial charge in [-0.2, -0.15) is 0 Å². The van der Waals surface area contributed by atoms with E-state index in [-0.39, 0.29) is 58.8 Å². The summed E-state index contributed by atoms with van der Waals surface area (Å²) in [6.45, 7) is 6.27. The average molecular weight is 450 g/mol. The number of esters is 1. The van der Waals surface area contributed by atoms with Gasteiger partial charge in [-0.3, -0.25) is 4.79 Å². The molecule has 3 rings (SSSR count). The third-order valence-corrected chi connectivity index (χ3v) is 8.08. The van der Waals surface area contributed by atoms with Gasteiger partial charge in [-0.05, 0) is 55.4 Å². The number of ether oxygens (including phenoxy) is 1. The fourth-order valence-electron chi connectivity index (χ4n) is 5.49. The Morgan fingerprint density at radius 2 is 2.03 bits per heavy atom. The maximum Gasteiger partial charge on any atom is 0.325 e. The molecule has 0 saturated heterocycles. The van der Waals surface area contributed by atoms with Gasteiger partial charge in [-0.1, -0.05) is 13.8 Å². The number of allylic oxidation sites excluding steroid dienone is 2. The van der Waals surface area contributed by atoms with E-state index in [1.54, 1.807) is 6.92 Å². The zero-order valence-electron chi connectivity index (χ0n) is 17.7. The largest absolute Gasteiger partial charge is 0.465 e. The van der Waals surface area contributed by atoms with E-state index in [2.05, 4.69) is 0 Å². The first-order valence-electron chi connectivity index (χ1n) is 10.8. The molecule has 0 radical (unpaired) electrons. The van der Waals surface area contributed by atoms with E-state index in [1.165, 1.54) is 0 Å². The number of likely N-dealkylation sites (N-methyl/N-ethyl adjacent to an activating group) is 1. The number of hydrogen-bond donors (Lipinski definition) is 1. The molecule has 0 aromatic heterocycles. The van der Waals surface area contributed by atoms with E-state index in [9.17, 15) is 9.90 Å². The minimum Gasteiger partial charge on any atom is -0.465 e. The van der Waals surface area contributed by atoms with Crippen molar-refractivity contribution in [2.24, 2.45) is 35.5 Å². The molecule has 0 spiro atoms. The van der Waals surface area contributed by atoms with Gasteiger partial charge in [0.25, 0.3) is 0 Å². The minimum atomic E-state index is -1.02. The van der Waals surface area contributed by atoms with Gasteiger partial charge in [0.05, 0.1) is 18.1 Å². The molecule has 2 fully saturated rings. The third-order valence-electron chi connectivity index (χ3n) is 7.16. The minimum absolute atomic E-state index is 0.0226. The predicted molar refractivity (Wildman–Crippen MR) is 114 cm³/mol. The summed E-state index contributed by atoms with van der Waals surface area (Å²) in [6, 6.07) is 0. The van der Waals surface area contributed by atoms with Crippen molar-refractivity contribution in [3.8, 4) is 0 Å². The number of rotatable bonds is 7. The quantitative estimate of drug-likeness (QED) is 0.466. The topological polar surface area (TPSA) is 49.8 Å². The van der Waals surface area contributed by atoms with Crippen LogP contribution in [0.5, 0.6) is 0 Å². The summed E-state index contributed by atoms with van der Waals surface area (Å²) in [6.07, 6.45) is 2.56. The second-order valence-corrected chi connectivity index (χ2v) is 10.4. The van der Waals surface area contributed by atoms with Crippen molar-refractivity contribution in [3.63, 3.8) is 0 Å². The van der Waals surface area contributed by atoms with Crippen LogP contribution in [-0.2, 0) is 9.53 Å². The van der Waals surface area contributed by atoms with Crippen LogP contribution >= 0.6 is 23.2 Å². The lowest BCUT2D eigenvalue weighted by molar-refractivity contribution is -0.143. The molecule has 3 aliphatic carbocycles. The van der Waals surface area contributed by atoms with Crippen LogP contribution in [0.3, 0.4) is 0 Å². The molecule has 0 aliphatic heterocycles. The molecule has 2 saturated carbocycles. The first-order chi connectivity index (χ1) is 13.6. The third kappa shape index (κ3) is 4.88. The smallest absolute Gasteiger partial charge is 0.325 e. The number of fused-ring (bicyclic) bond motifs is 1. The second kappa shape index (κ2) is 9.32. The summed E-state index contributed by atoms with van der Waals surface area (Å²) in [4.78, 5) is 13.6. The number of carbonyl (C=O) groups excluding carboxylic acids is 1. The lowest BCUT2D eigenvalue weighted by Gasteiger charge is -2.42. The number of hydrogen-bond acceptors (Lipinski definition) is 4. The van der Waals surface area contributed by atoms with E-state index in [0.717, 1.165) is 12.1 Å². The second-order valence-electron chi connectivity index (χ2n) is 9.37. The molecule has 9 unspecified atom stereocenters. The number of aliphatic hydroxyl groups is 1. The van der Waals surface area contributed by atoms with E-state index in [0.29, 0.717) is 19.4 Å². The average Bonchev–Trinajstić information content (AvgIpc) is 3.41. The molecule has 0 aromatic rings. The van der Waals surface area contributed by atoms with E-state index in [1.807, 2.05) is 31.9 Å². The maximum atomic E-state index is 15.4. The lowest BCUT2D eigenvalue weighted by atomic mass is 9.69. The Kier molecular flexibility index (Phi) is 7.44. The normalized spacial score (nSPS) is 41.6. The summed E-state index contributed by atoms with van der Waals surface area (Å²) in [5.74, 6) is -0.113. The fourth-order valence-corrected chi connectivity index (χ4v) is 6.40. The van der Waals surface area contributed by atoms with Crippen LogP contribution in [0.4, 0.5) is 4.39 Å². The molecule has 0 heterocycles. The van der Waals surface area contributed by atoms with Crippen LogP contribution in [0, 0.1) is 35.5 Å². The van der Waals surface area contributed by atoms with Crippen molar-refractivity contribution in [3.05, 3.63) is 11.8 Å². The summed E-state index contributed by atoms with van der Waals surface area (Å²) in [7, 11) is 1.83. The van der Waals surface area contributed by atoms with Gasteiger partial charge in [0.2, 0.25) is 0 Å². The van der Waals surface area contributed by atoms with E-state index < -0.39 is 12.3 Å². The maximum absolute atomic E-state index is 15.4. The Balaban J connectivity index is 1.66. The molecule has 0 aromatic carbocycles. The van der Waals surface area contributed by atoms with Gasteiger partial charge in [0.15, 0.2) is 0 Å². The fraction of sp³-hybridized carbons (Fsp3) is 0.864. The van der Waals surface area contributed by atoms with Crippen LogP contribution in [0.2, 0.25) is 0 Å². The highest BCUT2D eigenvalue weighted by Crippen LogP contribution is 2.59. The molecule has 166 valence electrons. The number of aliphatic hydroxyl groups excluding tert-OH is 1. The highest BCUT2D eigenvalue weighted by Gasteiger charge is 2.59. The first-order valence-corrected chi connectivity index (χ1v) is 11.7. The van der Waals surface area contributed by atoms with Crippen molar-refractivity contribution < 1.29 is 19.0 Å². The van der Waals surface area contributed by atoms with Crippen LogP contribution in [-0.4, -0.2) is 59.2 Å². The molecule has 1 N–H and O–H groups in total. The van der Waals surface area contributed by atoms with E-state index in [4.69, 9.17) is 27.9 Å². The summed E-state index contributed by atoms with van der Waals surface area (Å²) < 4.78 is 20.4. The van der Waals surface area contributed by atoms with Crippen molar-refractivity contribution in [2.45, 2.75) is 63.1 Å². The molecule has 9 atom stereocenters. The van der Waals surface area contributed by atoms with Crippen molar-refractivity contribution >= 4 is 29.2 Å². The van der Waals surface area contributed by atoms with Gasteiger partial charge < -0.3 is 14.7 Å². The van der Waals surface area contributed by atoms with Gasteiger partial charge >= 0.3 is 5.97 Å². The molecular weight excluding hydrogens is 416 g/mol. The molecule has 0 amide bonds.